The van der Waals surface area contributed by atoms with Crippen LogP contribution >= 0.6 is 12.6 Å². The topological polar surface area (TPSA) is 454 Å². The van der Waals surface area contributed by atoms with E-state index in [0.717, 1.165) is 31.6 Å². The molecule has 0 saturated heterocycles. The molecule has 1 aromatic rings. The van der Waals surface area contributed by atoms with Gasteiger partial charge >= 0.3 is 11.9 Å². The molecule has 14 N–H and O–H groups in total. The second-order valence-electron chi connectivity index (χ2n) is 19.8. The third kappa shape index (κ3) is 43.6. The van der Waals surface area contributed by atoms with E-state index in [1.807, 2.05) is 24.3 Å². The van der Waals surface area contributed by atoms with E-state index in [-0.39, 0.29) is 134 Å². The predicted octanol–water partition coefficient (Wildman–Crippen LogP) is -1.62. The molecule has 0 aliphatic carbocycles. The summed E-state index contributed by atoms with van der Waals surface area (Å²) in [4.78, 5) is 119. The number of nitrogens with one attached hydrogen (secondary N) is 9. The van der Waals surface area contributed by atoms with Gasteiger partial charge in [0.25, 0.3) is 16.0 Å². The Kier molecular flexibility index (Phi) is 41.2. The Bertz CT molecular complexity index is 2350. The minimum absolute atomic E-state index is 0.00652. The number of nitrogens with two attached hydrogens (primary N) is 1. The maximum absolute atomic E-state index is 12.4. The van der Waals surface area contributed by atoms with Crippen LogP contribution in [0.15, 0.2) is 24.3 Å². The van der Waals surface area contributed by atoms with E-state index in [4.69, 9.17) is 29.2 Å². The smallest absolute Gasteiger partial charge is 0.326 e. The summed E-state index contributed by atoms with van der Waals surface area (Å²) in [5, 5.41) is 39.3. The molecular weight excluding hydrogens is 1170 g/mol. The molecule has 30 nitrogen and oxygen atoms in total. The largest absolute Gasteiger partial charge is 0.480 e. The van der Waals surface area contributed by atoms with Gasteiger partial charge in [-0.1, -0.05) is 34.1 Å². The summed E-state index contributed by atoms with van der Waals surface area (Å²) in [5.74, 6) is -7.37. The monoisotopic (exact) mass is 1260 g/mol. The lowest BCUT2D eigenvalue weighted by atomic mass is 9.83. The molecule has 480 valence electrons. The minimum atomic E-state index is -4.24. The van der Waals surface area contributed by atoms with Crippen LogP contribution in [0.25, 0.3) is 0 Å². The number of ether oxygens (including phenoxy) is 4. The number of aliphatic carboxylic acids is 2. The van der Waals surface area contributed by atoms with Gasteiger partial charge in [0.05, 0.1) is 51.9 Å². The van der Waals surface area contributed by atoms with Crippen molar-refractivity contribution in [3.05, 3.63) is 29.8 Å². The highest BCUT2D eigenvalue weighted by Gasteiger charge is 2.35. The first-order valence-corrected chi connectivity index (χ1v) is 30.4. The van der Waals surface area contributed by atoms with Gasteiger partial charge in [-0.05, 0) is 61.8 Å². The first-order valence-electron chi connectivity index (χ1n) is 27.1. The fraction of sp³-hybridized carbons (Fsp3) is 0.686. The highest BCUT2D eigenvalue weighted by molar-refractivity contribution is 7.85. The van der Waals surface area contributed by atoms with Crippen LogP contribution in [0, 0.1) is 5.41 Å². The fourth-order valence-electron chi connectivity index (χ4n) is 7.36. The van der Waals surface area contributed by atoms with Crippen molar-refractivity contribution >= 4 is 98.6 Å². The van der Waals surface area contributed by atoms with Crippen LogP contribution in [-0.2, 0) is 83.2 Å². The summed E-state index contributed by atoms with van der Waals surface area (Å²) < 4.78 is 66.2. The van der Waals surface area contributed by atoms with Crippen LogP contribution in [-0.4, -0.2) is 214 Å². The molecule has 0 saturated carbocycles. The number of benzene rings is 1. The number of likely N-dealkylation sites (N-methyl/N-ethyl adjacent to an activating group) is 1. The van der Waals surface area contributed by atoms with Crippen LogP contribution in [0.4, 0.5) is 5.69 Å². The van der Waals surface area contributed by atoms with E-state index in [0.29, 0.717) is 12.1 Å². The number of carboxylic acids is 2. The van der Waals surface area contributed by atoms with E-state index in [9.17, 15) is 70.8 Å². The van der Waals surface area contributed by atoms with E-state index >= 15 is 0 Å². The molecule has 4 unspecified atom stereocenters. The van der Waals surface area contributed by atoms with Gasteiger partial charge in [0.15, 0.2) is 0 Å². The van der Waals surface area contributed by atoms with Crippen LogP contribution in [0.5, 0.6) is 0 Å². The zero-order valence-corrected chi connectivity index (χ0v) is 51.0. The Morgan fingerprint density at radius 2 is 1.18 bits per heavy atom. The number of amides is 8. The minimum Gasteiger partial charge on any atom is -0.480 e. The molecule has 0 bridgehead atoms. The molecule has 0 aliphatic rings. The lowest BCUT2D eigenvalue weighted by Gasteiger charge is -2.32. The van der Waals surface area contributed by atoms with Gasteiger partial charge in [-0.25, -0.2) is 13.8 Å². The number of hydrogen-bond acceptors (Lipinski definition) is 20. The number of hydrogen-bond donors (Lipinski definition) is 14. The molecule has 1 aromatic carbocycles. The van der Waals surface area contributed by atoms with Crippen molar-refractivity contribution in [3.8, 4) is 0 Å². The summed E-state index contributed by atoms with van der Waals surface area (Å²) in [5.41, 5.74) is 6.19. The van der Waals surface area contributed by atoms with Crippen LogP contribution in [0.1, 0.15) is 102 Å². The molecule has 1 rings (SSSR count). The fourth-order valence-corrected chi connectivity index (χ4v) is 9.85. The molecule has 33 heteroatoms. The van der Waals surface area contributed by atoms with Crippen molar-refractivity contribution in [2.24, 2.45) is 11.1 Å². The lowest BCUT2D eigenvalue weighted by Crippen LogP contribution is -2.45. The van der Waals surface area contributed by atoms with Gasteiger partial charge in [0.2, 0.25) is 41.4 Å². The number of rotatable bonds is 46. The van der Waals surface area contributed by atoms with Gasteiger partial charge in [0.1, 0.15) is 36.3 Å². The Morgan fingerprint density at radius 3 is 1.70 bits per heavy atom. The molecule has 4 atom stereocenters. The number of carboxylic acid groups (broad SMARTS) is 2. The summed E-state index contributed by atoms with van der Waals surface area (Å²) >= 11 is 4.45. The Morgan fingerprint density at radius 1 is 0.655 bits per heavy atom. The molecule has 0 heterocycles. The maximum Gasteiger partial charge on any atom is 0.326 e. The first-order chi connectivity index (χ1) is 39.5. The number of unbranched alkanes of at least 4 members (excludes halogenated alkanes) is 1. The lowest BCUT2D eigenvalue weighted by molar-refractivity contribution is -0.144. The highest BCUT2D eigenvalue weighted by Crippen LogP contribution is 2.35. The summed E-state index contributed by atoms with van der Waals surface area (Å²) in [6, 6.07) is 4.45. The van der Waals surface area contributed by atoms with Gasteiger partial charge in [-0.15, -0.1) is 0 Å². The van der Waals surface area contributed by atoms with Crippen molar-refractivity contribution in [3.63, 3.8) is 0 Å². The van der Waals surface area contributed by atoms with Crippen molar-refractivity contribution in [2.75, 3.05) is 116 Å². The number of thiol groups is 1. The molecule has 0 spiro atoms. The van der Waals surface area contributed by atoms with Gasteiger partial charge < -0.3 is 77.4 Å². The number of carbonyl (C=O) groups is 10. The maximum atomic E-state index is 12.4. The summed E-state index contributed by atoms with van der Waals surface area (Å²) in [6.45, 7) is 8.48. The van der Waals surface area contributed by atoms with Crippen molar-refractivity contribution in [2.45, 2.75) is 109 Å². The third-order valence-electron chi connectivity index (χ3n) is 11.0. The number of carbonyl (C=O) groups excluding carboxylic acids is 8. The van der Waals surface area contributed by atoms with Crippen molar-refractivity contribution < 1.29 is 94.3 Å². The van der Waals surface area contributed by atoms with Crippen LogP contribution < -0.4 is 53.0 Å². The van der Waals surface area contributed by atoms with E-state index in [1.54, 1.807) is 20.8 Å². The quantitative estimate of drug-likeness (QED) is 0.0198. The molecule has 0 fully saturated rings. The van der Waals surface area contributed by atoms with E-state index in [1.165, 1.54) is 7.05 Å². The standard InChI is InChI=1S/C38H67N7O19S3.C13H21N3O/c1-37(2,25-67(58,59)60)24-38(3,65)20-31(49)45-66(57)19-5-6-28(46)40-11-13-61-16-18-64-23-34(52)44-27(36(55)56)8-10-30(48)43-26(35(53)54)7-9-29(47)41-12-14-62-15-17-63-22-33(51)42-21-32(50)39-4;1-2-3-9-16-13(17)11-4-6-12(7-5-11)15-10-8-14/h26-27,65H,5-25H2,1-4H3,(H,39,50)(H,40,46)(H,41,47)(H,42,51)(H,43,48)(H,44,52)(H,45,49)(H,53,54)(H,55,56)(H,58,59,60);4-7,15H,2-3,8-10,14H2,1H3,(H,16,17). The van der Waals surface area contributed by atoms with Crippen LogP contribution in [0.3, 0.4) is 0 Å². The zero-order valence-electron chi connectivity index (χ0n) is 48.5. The molecule has 84 heavy (non-hydrogen) atoms. The van der Waals surface area contributed by atoms with Crippen molar-refractivity contribution in [1.29, 1.82) is 0 Å². The van der Waals surface area contributed by atoms with E-state index in [2.05, 4.69) is 66.8 Å². The van der Waals surface area contributed by atoms with Gasteiger partial charge in [-0.2, -0.15) is 21.0 Å². The van der Waals surface area contributed by atoms with Crippen molar-refractivity contribution in [1.82, 2.24) is 41.9 Å². The molecule has 0 radical (unpaired) electrons. The molecular formula is C51H88N10O20S3. The summed E-state index contributed by atoms with van der Waals surface area (Å²) in [6.07, 6.45) is 0.870. The Hall–Kier alpha value is -6.07. The predicted molar refractivity (Wildman–Crippen MR) is 312 cm³/mol. The Balaban J connectivity index is 0.00000343. The summed E-state index contributed by atoms with van der Waals surface area (Å²) in [7, 11) is -4.59. The first kappa shape index (κ1) is 77.9. The van der Waals surface area contributed by atoms with Gasteiger partial charge in [-0.3, -0.25) is 47.6 Å². The highest BCUT2D eigenvalue weighted by atomic mass is 32.2. The normalized spacial score (nSPS) is 13.0. The van der Waals surface area contributed by atoms with Gasteiger partial charge in [0, 0.05) is 87.2 Å². The zero-order chi connectivity index (χ0) is 63.6. The molecule has 8 amide bonds. The SMILES string of the molecule is CCCCNC(=O)c1ccc(NCCN)cc1.CNC(=O)CNC(=O)COCCOCCNC(=O)CCC(NC(=O)CCC(NC(=O)COCCOCCNC(=O)CCCS(=O)NC(=O)CC(C)(S)CC(C)(C)CS(=O)(=O)O)C(=O)O)C(=O)O. The second kappa shape index (κ2) is 44.4. The number of anilines is 1. The molecule has 0 aliphatic heterocycles. The van der Waals surface area contributed by atoms with E-state index < -0.39 is 104 Å². The average molecular weight is 1260 g/mol. The average Bonchev–Trinajstić information content (AvgIpc) is 3.61. The van der Waals surface area contributed by atoms with Crippen LogP contribution in [0.2, 0.25) is 0 Å². The Labute approximate surface area is 498 Å². The second-order valence-corrected chi connectivity index (χ2v) is 23.6. The molecule has 0 aromatic heterocycles. The third-order valence-corrected chi connectivity index (χ3v) is 13.6.